The average molecular weight is 299 g/mol. The maximum absolute atomic E-state index is 11.6. The molecule has 0 spiro atoms. The van der Waals surface area contributed by atoms with Crippen LogP contribution in [0.5, 0.6) is 0 Å². The summed E-state index contributed by atoms with van der Waals surface area (Å²) in [6.07, 6.45) is 0.353. The lowest BCUT2D eigenvalue weighted by Gasteiger charge is -2.08. The van der Waals surface area contributed by atoms with Crippen LogP contribution < -0.4 is 10.6 Å². The fourth-order valence-electron chi connectivity index (χ4n) is 1.51. The van der Waals surface area contributed by atoms with Gasteiger partial charge in [-0.3, -0.25) is 14.4 Å². The Labute approximate surface area is 121 Å². The molecule has 0 saturated carbocycles. The molecule has 2 amide bonds. The number of carbonyl (C=O) groups is 3. The van der Waals surface area contributed by atoms with E-state index in [1.54, 1.807) is 12.1 Å². The molecular formula is C13H15ClN2O4. The largest absolute Gasteiger partial charge is 0.481 e. The first-order chi connectivity index (χ1) is 9.38. The maximum atomic E-state index is 11.6. The zero-order chi connectivity index (χ0) is 15.1. The molecule has 108 valence electrons. The highest BCUT2D eigenvalue weighted by Crippen LogP contribution is 2.25. The van der Waals surface area contributed by atoms with E-state index < -0.39 is 5.97 Å². The van der Waals surface area contributed by atoms with Crippen molar-refractivity contribution in [3.8, 4) is 0 Å². The van der Waals surface area contributed by atoms with E-state index in [0.29, 0.717) is 16.4 Å². The first-order valence-corrected chi connectivity index (χ1v) is 6.35. The summed E-state index contributed by atoms with van der Waals surface area (Å²) in [5, 5.41) is 13.9. The van der Waals surface area contributed by atoms with Crippen molar-refractivity contribution in [1.29, 1.82) is 0 Å². The summed E-state index contributed by atoms with van der Waals surface area (Å²) in [5.74, 6) is -1.45. The van der Waals surface area contributed by atoms with E-state index in [1.807, 2.05) is 0 Å². The lowest BCUT2D eigenvalue weighted by Crippen LogP contribution is -2.12. The van der Waals surface area contributed by atoms with Gasteiger partial charge >= 0.3 is 5.97 Å². The second-order valence-electron chi connectivity index (χ2n) is 4.17. The number of amides is 2. The van der Waals surface area contributed by atoms with E-state index in [9.17, 15) is 14.4 Å². The van der Waals surface area contributed by atoms with Crippen molar-refractivity contribution in [3.05, 3.63) is 23.2 Å². The van der Waals surface area contributed by atoms with E-state index in [-0.39, 0.29) is 31.1 Å². The van der Waals surface area contributed by atoms with Gasteiger partial charge in [0.15, 0.2) is 0 Å². The number of hydrogen-bond acceptors (Lipinski definition) is 3. The van der Waals surface area contributed by atoms with Gasteiger partial charge in [0.25, 0.3) is 0 Å². The molecule has 0 bridgehead atoms. The molecule has 7 heteroatoms. The maximum Gasteiger partial charge on any atom is 0.303 e. The van der Waals surface area contributed by atoms with E-state index in [2.05, 4.69) is 10.6 Å². The number of halogens is 1. The molecule has 1 rings (SSSR count). The predicted octanol–water partition coefficient (Wildman–Crippen LogP) is 2.49. The van der Waals surface area contributed by atoms with Crippen molar-refractivity contribution in [1.82, 2.24) is 0 Å². The first kappa shape index (κ1) is 16.0. The highest BCUT2D eigenvalue weighted by Gasteiger charge is 2.07. The van der Waals surface area contributed by atoms with Crippen LogP contribution >= 0.6 is 11.6 Å². The standard InChI is InChI=1S/C13H15ClN2O4/c1-8(17)15-11-6-5-9(7-10(11)14)16-12(18)3-2-4-13(19)20/h5-7H,2-4H2,1H3,(H,15,17)(H,16,18)(H,19,20). The molecule has 20 heavy (non-hydrogen) atoms. The Morgan fingerprint density at radius 2 is 1.90 bits per heavy atom. The van der Waals surface area contributed by atoms with Gasteiger partial charge in [0.05, 0.1) is 10.7 Å². The Morgan fingerprint density at radius 3 is 2.45 bits per heavy atom. The summed E-state index contributed by atoms with van der Waals surface area (Å²) in [6.45, 7) is 1.37. The lowest BCUT2D eigenvalue weighted by molar-refractivity contribution is -0.137. The van der Waals surface area contributed by atoms with Crippen LogP contribution in [-0.4, -0.2) is 22.9 Å². The van der Waals surface area contributed by atoms with Gasteiger partial charge in [-0.25, -0.2) is 0 Å². The van der Waals surface area contributed by atoms with Crippen molar-refractivity contribution in [2.75, 3.05) is 10.6 Å². The third-order valence-corrected chi connectivity index (χ3v) is 2.67. The van der Waals surface area contributed by atoms with Crippen molar-refractivity contribution in [2.24, 2.45) is 0 Å². The third kappa shape index (κ3) is 5.71. The SMILES string of the molecule is CC(=O)Nc1ccc(NC(=O)CCCC(=O)O)cc1Cl. The van der Waals surface area contributed by atoms with Gasteiger partial charge in [0, 0.05) is 25.5 Å². The lowest BCUT2D eigenvalue weighted by atomic mass is 10.2. The van der Waals surface area contributed by atoms with Crippen LogP contribution in [0, 0.1) is 0 Å². The average Bonchev–Trinajstić information content (AvgIpc) is 2.31. The number of benzene rings is 1. The Kier molecular flexibility index (Phi) is 5.99. The molecule has 6 nitrogen and oxygen atoms in total. The van der Waals surface area contributed by atoms with Gasteiger partial charge in [0.2, 0.25) is 11.8 Å². The fraction of sp³-hybridized carbons (Fsp3) is 0.308. The van der Waals surface area contributed by atoms with Crippen LogP contribution in [0.15, 0.2) is 18.2 Å². The Morgan fingerprint density at radius 1 is 1.20 bits per heavy atom. The first-order valence-electron chi connectivity index (χ1n) is 5.97. The van der Waals surface area contributed by atoms with Crippen LogP contribution in [-0.2, 0) is 14.4 Å². The molecule has 0 aromatic heterocycles. The molecule has 0 radical (unpaired) electrons. The number of rotatable bonds is 6. The van der Waals surface area contributed by atoms with Gasteiger partial charge in [-0.05, 0) is 24.6 Å². The van der Waals surface area contributed by atoms with Crippen LogP contribution in [0.4, 0.5) is 11.4 Å². The summed E-state index contributed by atoms with van der Waals surface area (Å²) in [6, 6.07) is 4.70. The van der Waals surface area contributed by atoms with Crippen molar-refractivity contribution < 1.29 is 19.5 Å². The van der Waals surface area contributed by atoms with Crippen LogP contribution in [0.2, 0.25) is 5.02 Å². The number of nitrogens with one attached hydrogen (secondary N) is 2. The smallest absolute Gasteiger partial charge is 0.303 e. The Balaban J connectivity index is 2.56. The van der Waals surface area contributed by atoms with Crippen LogP contribution in [0.3, 0.4) is 0 Å². The number of carbonyl (C=O) groups excluding carboxylic acids is 2. The number of aliphatic carboxylic acids is 1. The molecule has 0 aliphatic heterocycles. The zero-order valence-electron chi connectivity index (χ0n) is 10.9. The zero-order valence-corrected chi connectivity index (χ0v) is 11.7. The van der Waals surface area contributed by atoms with E-state index in [4.69, 9.17) is 16.7 Å². The predicted molar refractivity (Wildman–Crippen MR) is 75.9 cm³/mol. The van der Waals surface area contributed by atoms with Gasteiger partial charge in [-0.2, -0.15) is 0 Å². The molecule has 0 unspecified atom stereocenters. The second kappa shape index (κ2) is 7.49. The number of carboxylic acids is 1. The molecule has 1 aromatic rings. The highest BCUT2D eigenvalue weighted by molar-refractivity contribution is 6.34. The summed E-state index contributed by atoms with van der Waals surface area (Å²) < 4.78 is 0. The minimum atomic E-state index is -0.930. The van der Waals surface area contributed by atoms with Crippen LogP contribution in [0.25, 0.3) is 0 Å². The van der Waals surface area contributed by atoms with Crippen LogP contribution in [0.1, 0.15) is 26.2 Å². The molecule has 0 aliphatic carbocycles. The normalized spacial score (nSPS) is 9.90. The molecule has 3 N–H and O–H groups in total. The number of hydrogen-bond donors (Lipinski definition) is 3. The minimum absolute atomic E-state index is 0.0460. The number of carboxylic acid groups (broad SMARTS) is 1. The minimum Gasteiger partial charge on any atom is -0.481 e. The summed E-state index contributed by atoms with van der Waals surface area (Å²) in [7, 11) is 0. The van der Waals surface area contributed by atoms with E-state index in [0.717, 1.165) is 0 Å². The quantitative estimate of drug-likeness (QED) is 0.752. The van der Waals surface area contributed by atoms with Crippen molar-refractivity contribution in [2.45, 2.75) is 26.2 Å². The van der Waals surface area contributed by atoms with Gasteiger partial charge in [-0.15, -0.1) is 0 Å². The Hall–Kier alpha value is -2.08. The molecule has 0 aliphatic rings. The molecular weight excluding hydrogens is 284 g/mol. The van der Waals surface area contributed by atoms with Crippen molar-refractivity contribution >= 4 is 40.8 Å². The summed E-state index contributed by atoms with van der Waals surface area (Å²) in [4.78, 5) is 32.8. The molecule has 0 heterocycles. The highest BCUT2D eigenvalue weighted by atomic mass is 35.5. The second-order valence-corrected chi connectivity index (χ2v) is 4.58. The Bertz CT molecular complexity index is 531. The van der Waals surface area contributed by atoms with Gasteiger partial charge < -0.3 is 15.7 Å². The molecule has 0 saturated heterocycles. The van der Waals surface area contributed by atoms with Gasteiger partial charge in [-0.1, -0.05) is 11.6 Å². The molecule has 1 aromatic carbocycles. The molecule has 0 fully saturated rings. The van der Waals surface area contributed by atoms with E-state index in [1.165, 1.54) is 13.0 Å². The van der Waals surface area contributed by atoms with Crippen molar-refractivity contribution in [3.63, 3.8) is 0 Å². The van der Waals surface area contributed by atoms with E-state index >= 15 is 0 Å². The van der Waals surface area contributed by atoms with Gasteiger partial charge in [0.1, 0.15) is 0 Å². The third-order valence-electron chi connectivity index (χ3n) is 2.36. The summed E-state index contributed by atoms with van der Waals surface area (Å²) in [5.41, 5.74) is 0.951. The molecule has 0 atom stereocenters. The fourth-order valence-corrected chi connectivity index (χ4v) is 1.74. The number of anilines is 2. The summed E-state index contributed by atoms with van der Waals surface area (Å²) >= 11 is 5.96. The monoisotopic (exact) mass is 298 g/mol. The topological polar surface area (TPSA) is 95.5 Å².